The van der Waals surface area contributed by atoms with Crippen LogP contribution in [0.1, 0.15) is 68.2 Å². The number of pyridine rings is 1. The van der Waals surface area contributed by atoms with Gasteiger partial charge in [0.1, 0.15) is 22.4 Å². The average Bonchev–Trinajstić information content (AvgIpc) is 3.28. The van der Waals surface area contributed by atoms with Crippen molar-refractivity contribution in [2.45, 2.75) is 57.9 Å². The van der Waals surface area contributed by atoms with Crippen molar-refractivity contribution in [2.75, 3.05) is 20.3 Å². The predicted molar refractivity (Wildman–Crippen MR) is 152 cm³/mol. The molecule has 1 aliphatic heterocycles. The van der Waals surface area contributed by atoms with Gasteiger partial charge in [-0.15, -0.1) is 0 Å². The highest BCUT2D eigenvalue weighted by atomic mass is 32.2. The molecule has 0 unspecified atom stereocenters. The number of aliphatic hydroxyl groups is 1. The number of carbonyl (C=O) groups is 1. The molecular formula is C30H37N3O4S. The van der Waals surface area contributed by atoms with E-state index in [0.29, 0.717) is 30.9 Å². The Bertz CT molecular complexity index is 1340. The summed E-state index contributed by atoms with van der Waals surface area (Å²) in [6.45, 7) is 8.77. The number of ether oxygens (including phenoxy) is 1. The van der Waals surface area contributed by atoms with Gasteiger partial charge in [-0.2, -0.15) is 0 Å². The molecule has 0 saturated heterocycles. The highest BCUT2D eigenvalue weighted by molar-refractivity contribution is 7.84. The van der Waals surface area contributed by atoms with Crippen LogP contribution in [0.25, 0.3) is 22.4 Å². The molecule has 0 aliphatic carbocycles. The Morgan fingerprint density at radius 3 is 2.47 bits per heavy atom. The summed E-state index contributed by atoms with van der Waals surface area (Å²) in [6.07, 6.45) is 1.24. The molecule has 202 valence electrons. The molecule has 3 aromatic rings. The van der Waals surface area contributed by atoms with Crippen molar-refractivity contribution in [1.29, 1.82) is 0 Å². The first-order chi connectivity index (χ1) is 18.2. The lowest BCUT2D eigenvalue weighted by Gasteiger charge is -2.30. The number of fused-ring (bicyclic) bond motifs is 1. The molecule has 2 N–H and O–H groups in total. The number of carbonyl (C=O) groups excluding carboxylic acids is 1. The number of nitrogens with zero attached hydrogens (tertiary/aromatic N) is 2. The molecule has 0 radical (unpaired) electrons. The predicted octanol–water partition coefficient (Wildman–Crippen LogP) is 5.27. The fourth-order valence-electron chi connectivity index (χ4n) is 4.78. The van der Waals surface area contributed by atoms with Crippen LogP contribution >= 0.6 is 0 Å². The minimum absolute atomic E-state index is 0.0516. The van der Waals surface area contributed by atoms with E-state index in [1.165, 1.54) is 0 Å². The molecule has 1 aromatic heterocycles. The standard InChI is InChI=1S/C30H37N3O4S/c1-6-14-31-29(35)25-18-23-19-33(38(36)30(2,3)4)26(13-15-34)27(23)28(32-25)22-11-7-9-20(16-22)21-10-8-12-24(17-21)37-5/h7-12,16-18,26,34H,6,13-15,19H2,1-5H3,(H,31,35)/t26-,38-/m0/s1. The Kier molecular flexibility index (Phi) is 8.65. The molecule has 1 aliphatic rings. The summed E-state index contributed by atoms with van der Waals surface area (Å²) in [6, 6.07) is 17.4. The van der Waals surface area contributed by atoms with E-state index in [-0.39, 0.29) is 18.6 Å². The maximum absolute atomic E-state index is 13.6. The smallest absolute Gasteiger partial charge is 0.269 e. The van der Waals surface area contributed by atoms with Gasteiger partial charge in [0, 0.05) is 30.8 Å². The van der Waals surface area contributed by atoms with Crippen LogP contribution in [0.15, 0.2) is 54.6 Å². The van der Waals surface area contributed by atoms with Crippen LogP contribution in [0.3, 0.4) is 0 Å². The molecule has 0 fully saturated rings. The molecule has 0 bridgehead atoms. The molecule has 8 heteroatoms. The summed E-state index contributed by atoms with van der Waals surface area (Å²) in [5, 5.41) is 12.9. The van der Waals surface area contributed by atoms with Gasteiger partial charge in [-0.3, -0.25) is 4.79 Å². The van der Waals surface area contributed by atoms with Crippen molar-refractivity contribution < 1.29 is 18.8 Å². The van der Waals surface area contributed by atoms with E-state index in [0.717, 1.165) is 40.0 Å². The zero-order chi connectivity index (χ0) is 27.4. The molecule has 4 rings (SSSR count). The quantitative estimate of drug-likeness (QED) is 0.390. The topological polar surface area (TPSA) is 91.8 Å². The number of methoxy groups -OCH3 is 1. The van der Waals surface area contributed by atoms with Gasteiger partial charge in [-0.05, 0) is 74.6 Å². The summed E-state index contributed by atoms with van der Waals surface area (Å²) in [5.74, 6) is 0.541. The first kappa shape index (κ1) is 28.0. The number of benzene rings is 2. The molecule has 2 aromatic carbocycles. The number of rotatable bonds is 9. The Morgan fingerprint density at radius 1 is 1.13 bits per heavy atom. The summed E-state index contributed by atoms with van der Waals surface area (Å²) in [4.78, 5) is 17.9. The van der Waals surface area contributed by atoms with Crippen LogP contribution in [0.2, 0.25) is 0 Å². The summed E-state index contributed by atoms with van der Waals surface area (Å²) < 4.78 is 20.4. The Balaban J connectivity index is 1.88. The third kappa shape index (κ3) is 5.82. The second-order valence-corrected chi connectivity index (χ2v) is 12.7. The van der Waals surface area contributed by atoms with Gasteiger partial charge in [0.05, 0.1) is 23.6 Å². The molecule has 2 atom stereocenters. The fraction of sp³-hybridized carbons (Fsp3) is 0.400. The van der Waals surface area contributed by atoms with Crippen LogP contribution in [-0.2, 0) is 17.5 Å². The van der Waals surface area contributed by atoms with Gasteiger partial charge in [0.25, 0.3) is 5.91 Å². The third-order valence-electron chi connectivity index (χ3n) is 6.60. The fourth-order valence-corrected chi connectivity index (χ4v) is 6.19. The van der Waals surface area contributed by atoms with E-state index in [9.17, 15) is 14.1 Å². The molecule has 2 heterocycles. The van der Waals surface area contributed by atoms with E-state index in [2.05, 4.69) is 11.4 Å². The van der Waals surface area contributed by atoms with E-state index in [1.54, 1.807) is 7.11 Å². The van der Waals surface area contributed by atoms with Crippen molar-refractivity contribution in [3.8, 4) is 28.1 Å². The molecule has 0 spiro atoms. The van der Waals surface area contributed by atoms with Gasteiger partial charge in [-0.1, -0.05) is 37.3 Å². The Hall–Kier alpha value is -3.07. The molecule has 38 heavy (non-hydrogen) atoms. The van der Waals surface area contributed by atoms with Gasteiger partial charge < -0.3 is 15.2 Å². The highest BCUT2D eigenvalue weighted by Crippen LogP contribution is 2.44. The SMILES string of the molecule is CCCNC(=O)c1cc2c(c(-c3cccc(-c4cccc(OC)c4)c3)n1)[C@H](CCO)N([S@@](=O)C(C)(C)C)C2. The summed E-state index contributed by atoms with van der Waals surface area (Å²) in [7, 11) is 0.330. The third-order valence-corrected chi connectivity index (χ3v) is 8.46. The Labute approximate surface area is 227 Å². The lowest BCUT2D eigenvalue weighted by atomic mass is 9.94. The molecule has 7 nitrogen and oxygen atoms in total. The highest BCUT2D eigenvalue weighted by Gasteiger charge is 2.40. The minimum atomic E-state index is -1.32. The number of nitrogens with one attached hydrogen (secondary N) is 1. The first-order valence-corrected chi connectivity index (χ1v) is 14.1. The number of hydrogen-bond donors (Lipinski definition) is 2. The maximum atomic E-state index is 13.6. The van der Waals surface area contributed by atoms with Crippen molar-refractivity contribution in [3.63, 3.8) is 0 Å². The monoisotopic (exact) mass is 535 g/mol. The average molecular weight is 536 g/mol. The van der Waals surface area contributed by atoms with Gasteiger partial charge in [0.15, 0.2) is 0 Å². The lowest BCUT2D eigenvalue weighted by Crippen LogP contribution is -2.36. The van der Waals surface area contributed by atoms with Crippen molar-refractivity contribution >= 4 is 16.9 Å². The van der Waals surface area contributed by atoms with Crippen LogP contribution in [0.5, 0.6) is 5.75 Å². The van der Waals surface area contributed by atoms with Gasteiger partial charge in [0.2, 0.25) is 0 Å². The van der Waals surface area contributed by atoms with Crippen LogP contribution in [0.4, 0.5) is 0 Å². The van der Waals surface area contributed by atoms with Crippen molar-refractivity contribution in [2.24, 2.45) is 0 Å². The van der Waals surface area contributed by atoms with Gasteiger partial charge in [-0.25, -0.2) is 13.5 Å². The molecule has 1 amide bonds. The van der Waals surface area contributed by atoms with Crippen molar-refractivity contribution in [3.05, 3.63) is 71.4 Å². The number of aliphatic hydroxyl groups excluding tert-OH is 1. The molecular weight excluding hydrogens is 498 g/mol. The van der Waals surface area contributed by atoms with E-state index in [1.807, 2.05) is 80.5 Å². The zero-order valence-electron chi connectivity index (χ0n) is 22.8. The normalized spacial score (nSPS) is 16.2. The lowest BCUT2D eigenvalue weighted by molar-refractivity contribution is 0.0948. The summed E-state index contributed by atoms with van der Waals surface area (Å²) in [5.41, 5.74) is 5.71. The van der Waals surface area contributed by atoms with E-state index < -0.39 is 15.7 Å². The Morgan fingerprint density at radius 2 is 1.82 bits per heavy atom. The van der Waals surface area contributed by atoms with Crippen LogP contribution in [-0.4, -0.2) is 49.5 Å². The zero-order valence-corrected chi connectivity index (χ0v) is 23.6. The second-order valence-electron chi connectivity index (χ2n) is 10.5. The van der Waals surface area contributed by atoms with Crippen molar-refractivity contribution in [1.82, 2.24) is 14.6 Å². The number of hydrogen-bond acceptors (Lipinski definition) is 5. The van der Waals surface area contributed by atoms with Crippen LogP contribution in [0, 0.1) is 0 Å². The maximum Gasteiger partial charge on any atom is 0.269 e. The molecule has 0 saturated carbocycles. The van der Waals surface area contributed by atoms with Crippen LogP contribution < -0.4 is 10.1 Å². The van der Waals surface area contributed by atoms with Gasteiger partial charge >= 0.3 is 0 Å². The summed E-state index contributed by atoms with van der Waals surface area (Å²) >= 11 is 0. The largest absolute Gasteiger partial charge is 0.497 e. The number of aromatic nitrogens is 1. The number of amides is 1. The first-order valence-electron chi connectivity index (χ1n) is 13.0. The second kappa shape index (κ2) is 11.8. The van der Waals surface area contributed by atoms with E-state index >= 15 is 0 Å². The van der Waals surface area contributed by atoms with E-state index in [4.69, 9.17) is 9.72 Å². The minimum Gasteiger partial charge on any atom is -0.497 e.